The summed E-state index contributed by atoms with van der Waals surface area (Å²) in [5.41, 5.74) is 0.182. The lowest BCUT2D eigenvalue weighted by Crippen LogP contribution is -2.45. The predicted molar refractivity (Wildman–Crippen MR) is 113 cm³/mol. The fourth-order valence-corrected chi connectivity index (χ4v) is 2.90. The fourth-order valence-electron chi connectivity index (χ4n) is 2.90. The lowest BCUT2D eigenvalue weighted by Gasteiger charge is -2.22. The van der Waals surface area contributed by atoms with Crippen molar-refractivity contribution >= 4 is 17.6 Å². The molecule has 0 saturated carbocycles. The number of amides is 1. The summed E-state index contributed by atoms with van der Waals surface area (Å²) in [7, 11) is 0. The summed E-state index contributed by atoms with van der Waals surface area (Å²) in [6, 6.07) is 9.90. The molecule has 3 rings (SSSR count). The maximum Gasteiger partial charge on any atom is 0.329 e. The highest BCUT2D eigenvalue weighted by atomic mass is 19.1. The van der Waals surface area contributed by atoms with Crippen LogP contribution in [0.3, 0.4) is 0 Å². The van der Waals surface area contributed by atoms with Gasteiger partial charge in [0.1, 0.15) is 11.9 Å². The molecule has 1 N–H and O–H groups in total. The van der Waals surface area contributed by atoms with Crippen LogP contribution in [0, 0.1) is 21.8 Å². The van der Waals surface area contributed by atoms with E-state index in [2.05, 4.69) is 15.5 Å². The van der Waals surface area contributed by atoms with E-state index >= 15 is 0 Å². The van der Waals surface area contributed by atoms with E-state index in [0.29, 0.717) is 5.56 Å². The van der Waals surface area contributed by atoms with Crippen molar-refractivity contribution in [2.75, 3.05) is 0 Å². The maximum absolute atomic E-state index is 13.9. The highest BCUT2D eigenvalue weighted by molar-refractivity contribution is 5.97. The standard InChI is InChI=1S/C22H21FN4O6/c1-12(2)18(24-19(28)16-6-4-5-7-17(16)23)22(29)32-13(3)20-25-26-21(33-20)14-8-10-15(11-9-14)27(30)31/h4-13,18H,1-3H3,(H,24,28)/t13?,18-/m0/s1. The van der Waals surface area contributed by atoms with Crippen molar-refractivity contribution in [3.05, 3.63) is 75.9 Å². The Morgan fingerprint density at radius 2 is 1.76 bits per heavy atom. The number of rotatable bonds is 8. The van der Waals surface area contributed by atoms with E-state index < -0.39 is 34.8 Å². The second-order valence-electron chi connectivity index (χ2n) is 7.50. The van der Waals surface area contributed by atoms with Gasteiger partial charge in [0.05, 0.1) is 10.5 Å². The first-order chi connectivity index (χ1) is 15.7. The highest BCUT2D eigenvalue weighted by Crippen LogP contribution is 2.25. The normalized spacial score (nSPS) is 12.8. The molecule has 1 aromatic heterocycles. The number of nitrogens with one attached hydrogen (secondary N) is 1. The summed E-state index contributed by atoms with van der Waals surface area (Å²) < 4.78 is 24.8. The number of hydrogen-bond acceptors (Lipinski definition) is 8. The largest absolute Gasteiger partial charge is 0.451 e. The number of benzene rings is 2. The number of hydrogen-bond donors (Lipinski definition) is 1. The third-order valence-corrected chi connectivity index (χ3v) is 4.73. The van der Waals surface area contributed by atoms with Crippen LogP contribution in [0.25, 0.3) is 11.5 Å². The molecular weight excluding hydrogens is 435 g/mol. The molecule has 0 bridgehead atoms. The number of nitro benzene ring substituents is 1. The summed E-state index contributed by atoms with van der Waals surface area (Å²) in [5, 5.41) is 21.0. The number of non-ortho nitro benzene ring substituents is 1. The highest BCUT2D eigenvalue weighted by Gasteiger charge is 2.30. The lowest BCUT2D eigenvalue weighted by molar-refractivity contribution is -0.384. The van der Waals surface area contributed by atoms with Gasteiger partial charge in [-0.15, -0.1) is 10.2 Å². The third-order valence-electron chi connectivity index (χ3n) is 4.73. The monoisotopic (exact) mass is 456 g/mol. The quantitative estimate of drug-likeness (QED) is 0.307. The van der Waals surface area contributed by atoms with Crippen LogP contribution in [0.15, 0.2) is 52.9 Å². The molecule has 0 spiro atoms. The van der Waals surface area contributed by atoms with E-state index in [1.54, 1.807) is 13.8 Å². The van der Waals surface area contributed by atoms with E-state index in [9.17, 15) is 24.1 Å². The molecule has 0 aliphatic carbocycles. The Kier molecular flexibility index (Phi) is 7.11. The number of halogens is 1. The van der Waals surface area contributed by atoms with Crippen LogP contribution in [0.5, 0.6) is 0 Å². The van der Waals surface area contributed by atoms with Crippen LogP contribution in [-0.4, -0.2) is 33.0 Å². The summed E-state index contributed by atoms with van der Waals surface area (Å²) in [6.45, 7) is 4.93. The smallest absolute Gasteiger partial charge is 0.329 e. The van der Waals surface area contributed by atoms with Crippen LogP contribution < -0.4 is 5.32 Å². The second-order valence-corrected chi connectivity index (χ2v) is 7.50. The van der Waals surface area contributed by atoms with Crippen LogP contribution in [0.1, 0.15) is 43.1 Å². The molecule has 1 heterocycles. The Hall–Kier alpha value is -4.15. The summed E-state index contributed by atoms with van der Waals surface area (Å²) in [6.07, 6.45) is -0.941. The van der Waals surface area contributed by atoms with Crippen LogP contribution in [0.2, 0.25) is 0 Å². The Bertz CT molecular complexity index is 1160. The van der Waals surface area contributed by atoms with Crippen molar-refractivity contribution in [2.24, 2.45) is 5.92 Å². The molecule has 172 valence electrons. The average Bonchev–Trinajstić information content (AvgIpc) is 3.28. The van der Waals surface area contributed by atoms with Gasteiger partial charge < -0.3 is 14.5 Å². The summed E-state index contributed by atoms with van der Waals surface area (Å²) >= 11 is 0. The molecule has 2 aromatic carbocycles. The molecule has 3 aromatic rings. The minimum Gasteiger partial charge on any atom is -0.451 e. The molecule has 0 fully saturated rings. The van der Waals surface area contributed by atoms with Crippen molar-refractivity contribution in [3.63, 3.8) is 0 Å². The minimum atomic E-state index is -1.04. The average molecular weight is 456 g/mol. The Balaban J connectivity index is 1.68. The van der Waals surface area contributed by atoms with Gasteiger partial charge in [0.25, 0.3) is 17.5 Å². The molecule has 10 nitrogen and oxygen atoms in total. The number of ether oxygens (including phenoxy) is 1. The van der Waals surface area contributed by atoms with Gasteiger partial charge in [-0.3, -0.25) is 14.9 Å². The number of carbonyl (C=O) groups is 2. The van der Waals surface area contributed by atoms with Gasteiger partial charge in [0, 0.05) is 17.7 Å². The first kappa shape index (κ1) is 23.5. The van der Waals surface area contributed by atoms with Crippen molar-refractivity contribution in [1.82, 2.24) is 15.5 Å². The SMILES string of the molecule is CC(OC(=O)[C@@H](NC(=O)c1ccccc1F)C(C)C)c1nnc(-c2ccc([N+](=O)[O-])cc2)o1. The van der Waals surface area contributed by atoms with E-state index in [4.69, 9.17) is 9.15 Å². The van der Waals surface area contributed by atoms with Gasteiger partial charge in [-0.2, -0.15) is 0 Å². The van der Waals surface area contributed by atoms with Gasteiger partial charge >= 0.3 is 5.97 Å². The minimum absolute atomic E-state index is 0.000334. The van der Waals surface area contributed by atoms with Gasteiger partial charge in [-0.05, 0) is 37.1 Å². The zero-order valence-electron chi connectivity index (χ0n) is 18.0. The molecule has 0 aliphatic rings. The number of nitro groups is 1. The number of carbonyl (C=O) groups excluding carboxylic acids is 2. The first-order valence-corrected chi connectivity index (χ1v) is 10.0. The third kappa shape index (κ3) is 5.56. The molecule has 2 atom stereocenters. The van der Waals surface area contributed by atoms with Crippen LogP contribution in [0.4, 0.5) is 10.1 Å². The van der Waals surface area contributed by atoms with Gasteiger partial charge in [0.2, 0.25) is 5.89 Å². The van der Waals surface area contributed by atoms with Crippen molar-refractivity contribution in [3.8, 4) is 11.5 Å². The molecule has 0 saturated heterocycles. The Morgan fingerprint density at radius 3 is 2.36 bits per heavy atom. The van der Waals surface area contributed by atoms with Gasteiger partial charge in [-0.1, -0.05) is 26.0 Å². The molecule has 11 heteroatoms. The lowest BCUT2D eigenvalue weighted by atomic mass is 10.0. The van der Waals surface area contributed by atoms with Crippen LogP contribution in [-0.2, 0) is 9.53 Å². The Morgan fingerprint density at radius 1 is 1.09 bits per heavy atom. The molecule has 0 aliphatic heterocycles. The first-order valence-electron chi connectivity index (χ1n) is 10.0. The molecule has 33 heavy (non-hydrogen) atoms. The number of esters is 1. The Labute approximate surface area is 187 Å². The van der Waals surface area contributed by atoms with Gasteiger partial charge in [0.15, 0.2) is 6.10 Å². The molecule has 0 radical (unpaired) electrons. The van der Waals surface area contributed by atoms with Crippen molar-refractivity contribution in [1.29, 1.82) is 0 Å². The van der Waals surface area contributed by atoms with Gasteiger partial charge in [-0.25, -0.2) is 9.18 Å². The van der Waals surface area contributed by atoms with E-state index in [-0.39, 0.29) is 29.0 Å². The second kappa shape index (κ2) is 9.98. The maximum atomic E-state index is 13.9. The predicted octanol–water partition coefficient (Wildman–Crippen LogP) is 3.84. The van der Waals surface area contributed by atoms with Crippen molar-refractivity contribution in [2.45, 2.75) is 32.9 Å². The molecule has 1 unspecified atom stereocenters. The van der Waals surface area contributed by atoms with Crippen molar-refractivity contribution < 1.29 is 28.1 Å². The summed E-state index contributed by atoms with van der Waals surface area (Å²) in [5.74, 6) is -2.45. The van der Waals surface area contributed by atoms with E-state index in [1.165, 1.54) is 49.4 Å². The van der Waals surface area contributed by atoms with E-state index in [0.717, 1.165) is 6.07 Å². The van der Waals surface area contributed by atoms with E-state index in [1.807, 2.05) is 0 Å². The number of aromatic nitrogens is 2. The van der Waals surface area contributed by atoms with Crippen LogP contribution >= 0.6 is 0 Å². The fraction of sp³-hybridized carbons (Fsp3) is 0.273. The molecule has 1 amide bonds. The zero-order valence-corrected chi connectivity index (χ0v) is 18.0. The molecular formula is C22H21FN4O6. The topological polar surface area (TPSA) is 137 Å². The summed E-state index contributed by atoms with van der Waals surface area (Å²) in [4.78, 5) is 35.4. The zero-order chi connectivity index (χ0) is 24.1. The number of nitrogens with zero attached hydrogens (tertiary/aromatic N) is 3.